The van der Waals surface area contributed by atoms with Gasteiger partial charge in [0.05, 0.1) is 30.2 Å². The van der Waals surface area contributed by atoms with Gasteiger partial charge in [0.1, 0.15) is 18.0 Å². The molecule has 0 bridgehead atoms. The largest absolute Gasteiger partial charge is 0.442 e. The molecule has 2 atom stereocenters. The molecule has 2 aliphatic heterocycles. The van der Waals surface area contributed by atoms with Gasteiger partial charge in [-0.05, 0) is 18.2 Å². The summed E-state index contributed by atoms with van der Waals surface area (Å²) in [6.07, 6.45) is -1.75. The Bertz CT molecular complexity index is 772. The molecule has 27 heavy (non-hydrogen) atoms. The predicted octanol–water partition coefficient (Wildman–Crippen LogP) is 0.688. The average Bonchev–Trinajstić information content (AvgIpc) is 3.00. The van der Waals surface area contributed by atoms with Gasteiger partial charge in [-0.15, -0.1) is 0 Å². The maximum atomic E-state index is 14.6. The van der Waals surface area contributed by atoms with E-state index in [2.05, 4.69) is 10.5 Å². The number of β-amino-alcohol motifs (C(OH)–C–C–N with tert-alkyl or cyclic N) is 1. The summed E-state index contributed by atoms with van der Waals surface area (Å²) >= 11 is 0. The molecule has 0 unspecified atom stereocenters. The van der Waals surface area contributed by atoms with Crippen molar-refractivity contribution in [2.45, 2.75) is 25.6 Å². The van der Waals surface area contributed by atoms with Crippen molar-refractivity contribution >= 4 is 29.1 Å². The summed E-state index contributed by atoms with van der Waals surface area (Å²) in [5.74, 6) is -0.764. The predicted molar refractivity (Wildman–Crippen MR) is 94.8 cm³/mol. The highest BCUT2D eigenvalue weighted by Crippen LogP contribution is 2.29. The summed E-state index contributed by atoms with van der Waals surface area (Å²) in [5, 5.41) is 24.4. The highest BCUT2D eigenvalue weighted by molar-refractivity contribution is 5.91. The van der Waals surface area contributed by atoms with E-state index in [1.54, 1.807) is 11.0 Å². The lowest BCUT2D eigenvalue weighted by atomic mass is 10.0. The van der Waals surface area contributed by atoms with E-state index in [0.29, 0.717) is 18.7 Å². The van der Waals surface area contributed by atoms with Crippen molar-refractivity contribution in [2.24, 2.45) is 5.16 Å². The number of halogens is 1. The van der Waals surface area contributed by atoms with Crippen LogP contribution >= 0.6 is 0 Å². The molecule has 3 rings (SSSR count). The first kappa shape index (κ1) is 18.9. The minimum absolute atomic E-state index is 0.111. The molecule has 0 aromatic heterocycles. The zero-order valence-electron chi connectivity index (χ0n) is 14.8. The Labute approximate surface area is 155 Å². The molecule has 0 saturated carbocycles. The molecular formula is C17H21FN4O5. The van der Waals surface area contributed by atoms with Crippen LogP contribution in [-0.4, -0.2) is 66.4 Å². The maximum absolute atomic E-state index is 14.6. The monoisotopic (exact) mass is 380 g/mol. The van der Waals surface area contributed by atoms with Gasteiger partial charge in [-0.3, -0.25) is 9.69 Å². The van der Waals surface area contributed by atoms with Crippen molar-refractivity contribution in [3.8, 4) is 0 Å². The van der Waals surface area contributed by atoms with Gasteiger partial charge in [-0.1, -0.05) is 5.16 Å². The number of cyclic esters (lactones) is 1. The molecule has 146 valence electrons. The highest BCUT2D eigenvalue weighted by Gasteiger charge is 2.33. The van der Waals surface area contributed by atoms with Gasteiger partial charge in [0.2, 0.25) is 5.91 Å². The summed E-state index contributed by atoms with van der Waals surface area (Å²) in [6.45, 7) is 2.28. The third kappa shape index (κ3) is 4.11. The molecule has 10 heteroatoms. The van der Waals surface area contributed by atoms with Gasteiger partial charge in [0, 0.05) is 26.4 Å². The van der Waals surface area contributed by atoms with Crippen LogP contribution in [0.15, 0.2) is 23.4 Å². The van der Waals surface area contributed by atoms with E-state index in [9.17, 15) is 19.1 Å². The standard InChI is InChI=1S/C17H21FN4O5/c1-10(23)19-7-12-8-22(17(25)27-12)11-2-3-15(13(18)6-11)21-5-4-14(20-26)16(24)9-21/h2-3,6,12,16,24,26H,4-5,7-9H2,1H3,(H,19,23)/b20-14-/t12-,16-/m0/s1. The molecule has 9 nitrogen and oxygen atoms in total. The first-order valence-electron chi connectivity index (χ1n) is 8.55. The summed E-state index contributed by atoms with van der Waals surface area (Å²) < 4.78 is 19.8. The van der Waals surface area contributed by atoms with Crippen molar-refractivity contribution in [1.82, 2.24) is 5.32 Å². The molecule has 0 aliphatic carbocycles. The smallest absolute Gasteiger partial charge is 0.414 e. The lowest BCUT2D eigenvalue weighted by molar-refractivity contribution is -0.119. The Balaban J connectivity index is 1.70. The zero-order valence-corrected chi connectivity index (χ0v) is 14.8. The number of hydrogen-bond acceptors (Lipinski definition) is 7. The zero-order chi connectivity index (χ0) is 19.6. The number of oxime groups is 1. The number of rotatable bonds is 4. The van der Waals surface area contributed by atoms with E-state index < -0.39 is 24.1 Å². The number of piperidine rings is 1. The topological polar surface area (TPSA) is 115 Å². The number of benzene rings is 1. The fraction of sp³-hybridized carbons (Fsp3) is 0.471. The Kier molecular flexibility index (Phi) is 5.45. The first-order valence-corrected chi connectivity index (χ1v) is 8.55. The lowest BCUT2D eigenvalue weighted by Gasteiger charge is -2.32. The van der Waals surface area contributed by atoms with Crippen LogP contribution in [0.2, 0.25) is 0 Å². The molecule has 2 heterocycles. The van der Waals surface area contributed by atoms with Gasteiger partial charge in [0.15, 0.2) is 0 Å². The number of anilines is 2. The molecule has 3 N–H and O–H groups in total. The lowest BCUT2D eigenvalue weighted by Crippen LogP contribution is -2.44. The van der Waals surface area contributed by atoms with Crippen LogP contribution in [0.25, 0.3) is 0 Å². The van der Waals surface area contributed by atoms with Gasteiger partial charge in [-0.2, -0.15) is 0 Å². The molecule has 0 spiro atoms. The van der Waals surface area contributed by atoms with Crippen LogP contribution in [0.1, 0.15) is 13.3 Å². The molecule has 1 aromatic carbocycles. The Morgan fingerprint density at radius 2 is 2.22 bits per heavy atom. The second-order valence-electron chi connectivity index (χ2n) is 6.49. The fourth-order valence-electron chi connectivity index (χ4n) is 3.17. The Morgan fingerprint density at radius 1 is 1.44 bits per heavy atom. The van der Waals surface area contributed by atoms with Crippen LogP contribution in [0.3, 0.4) is 0 Å². The molecule has 2 saturated heterocycles. The van der Waals surface area contributed by atoms with Gasteiger partial charge >= 0.3 is 6.09 Å². The number of nitrogens with zero attached hydrogens (tertiary/aromatic N) is 3. The van der Waals surface area contributed by atoms with E-state index in [4.69, 9.17) is 9.94 Å². The number of nitrogens with one attached hydrogen (secondary N) is 1. The number of aliphatic hydroxyl groups is 1. The van der Waals surface area contributed by atoms with Crippen LogP contribution in [0.5, 0.6) is 0 Å². The third-order valence-corrected chi connectivity index (χ3v) is 4.58. The van der Waals surface area contributed by atoms with E-state index in [0.717, 1.165) is 0 Å². The van der Waals surface area contributed by atoms with Crippen molar-refractivity contribution in [2.75, 3.05) is 36.0 Å². The van der Waals surface area contributed by atoms with E-state index in [-0.39, 0.29) is 36.9 Å². The highest BCUT2D eigenvalue weighted by atomic mass is 19.1. The molecule has 1 aromatic rings. The number of ether oxygens (including phenoxy) is 1. The van der Waals surface area contributed by atoms with Crippen molar-refractivity contribution in [3.05, 3.63) is 24.0 Å². The van der Waals surface area contributed by atoms with Gasteiger partial charge in [-0.25, -0.2) is 9.18 Å². The van der Waals surface area contributed by atoms with Gasteiger partial charge in [0.25, 0.3) is 0 Å². The Morgan fingerprint density at radius 3 is 2.85 bits per heavy atom. The van der Waals surface area contributed by atoms with Crippen LogP contribution in [0, 0.1) is 5.82 Å². The second-order valence-corrected chi connectivity index (χ2v) is 6.49. The SMILES string of the molecule is CC(=O)NC[C@H]1CN(c2ccc(N3CC/C(=N/O)[C@@H](O)C3)c(F)c2)C(=O)O1. The first-order chi connectivity index (χ1) is 12.9. The molecule has 0 radical (unpaired) electrons. The number of aliphatic hydroxyl groups excluding tert-OH is 1. The van der Waals surface area contributed by atoms with E-state index in [1.165, 1.54) is 24.0 Å². The van der Waals surface area contributed by atoms with Crippen LogP contribution in [-0.2, 0) is 9.53 Å². The van der Waals surface area contributed by atoms with E-state index >= 15 is 0 Å². The molecule has 2 aliphatic rings. The van der Waals surface area contributed by atoms with E-state index in [1.807, 2.05) is 0 Å². The summed E-state index contributed by atoms with van der Waals surface area (Å²) in [7, 11) is 0. The number of amides is 2. The average molecular weight is 380 g/mol. The molecule has 2 fully saturated rings. The number of carbonyl (C=O) groups is 2. The fourth-order valence-corrected chi connectivity index (χ4v) is 3.17. The van der Waals surface area contributed by atoms with Crippen molar-refractivity contribution in [3.63, 3.8) is 0 Å². The minimum Gasteiger partial charge on any atom is -0.442 e. The van der Waals surface area contributed by atoms with Gasteiger partial charge < -0.3 is 25.3 Å². The summed E-state index contributed by atoms with van der Waals surface area (Å²) in [5.41, 5.74) is 0.909. The normalized spacial score (nSPS) is 24.3. The van der Waals surface area contributed by atoms with Crippen LogP contribution in [0.4, 0.5) is 20.6 Å². The van der Waals surface area contributed by atoms with Crippen molar-refractivity contribution < 1.29 is 29.0 Å². The number of hydrogen-bond donors (Lipinski definition) is 3. The third-order valence-electron chi connectivity index (χ3n) is 4.58. The summed E-state index contributed by atoms with van der Waals surface area (Å²) in [4.78, 5) is 26.0. The van der Waals surface area contributed by atoms with Crippen LogP contribution < -0.4 is 15.1 Å². The van der Waals surface area contributed by atoms with Crippen molar-refractivity contribution in [1.29, 1.82) is 0 Å². The quantitative estimate of drug-likeness (QED) is 0.523. The maximum Gasteiger partial charge on any atom is 0.414 e. The molecule has 2 amide bonds. The molecular weight excluding hydrogens is 359 g/mol. The second kappa shape index (κ2) is 7.78. The summed E-state index contributed by atoms with van der Waals surface area (Å²) in [6, 6.07) is 4.37. The number of carbonyl (C=O) groups excluding carboxylic acids is 2. The Hall–Kier alpha value is -2.88. The minimum atomic E-state index is -0.967.